The molecule has 0 atom stereocenters. The molecule has 4 rings (SSSR count). The topological polar surface area (TPSA) is 69.7 Å². The fourth-order valence-corrected chi connectivity index (χ4v) is 2.62. The van der Waals surface area contributed by atoms with E-state index in [0.29, 0.717) is 16.9 Å². The van der Waals surface area contributed by atoms with Crippen molar-refractivity contribution in [1.82, 2.24) is 0 Å². The molecule has 2 aromatic rings. The van der Waals surface area contributed by atoms with Gasteiger partial charge in [-0.1, -0.05) is 18.7 Å². The lowest BCUT2D eigenvalue weighted by Gasteiger charge is -2.04. The predicted octanol–water partition coefficient (Wildman–Crippen LogP) is 2.81. The van der Waals surface area contributed by atoms with Crippen LogP contribution in [0.3, 0.4) is 0 Å². The lowest BCUT2D eigenvalue weighted by atomic mass is 9.97. The lowest BCUT2D eigenvalue weighted by Crippen LogP contribution is -1.96. The second-order valence-corrected chi connectivity index (χ2v) is 5.01. The first-order valence-electron chi connectivity index (χ1n) is 6.51. The van der Waals surface area contributed by atoms with Crippen molar-refractivity contribution in [3.8, 4) is 11.1 Å². The van der Waals surface area contributed by atoms with Crippen molar-refractivity contribution in [3.63, 3.8) is 0 Å². The van der Waals surface area contributed by atoms with Crippen LogP contribution in [-0.4, -0.2) is 17.9 Å². The number of benzene rings is 2. The number of rotatable bonds is 1. The van der Waals surface area contributed by atoms with Gasteiger partial charge in [-0.3, -0.25) is 0 Å². The number of hydrogen-bond acceptors (Lipinski definition) is 5. The van der Waals surface area contributed by atoms with E-state index in [1.54, 1.807) is 36.4 Å². The standard InChI is InChI=1S/C17H8O5/c1-8-13-6-9(2-4-11(13)15(18)21-8)10-3-5-12-14(7-10)17(20)22-16(12)19/h2-7H,1H2. The molecule has 0 saturated heterocycles. The Morgan fingerprint density at radius 2 is 1.14 bits per heavy atom. The Kier molecular flexibility index (Phi) is 2.36. The van der Waals surface area contributed by atoms with Gasteiger partial charge in [-0.15, -0.1) is 0 Å². The fourth-order valence-electron chi connectivity index (χ4n) is 2.62. The van der Waals surface area contributed by atoms with Gasteiger partial charge in [0.1, 0.15) is 5.76 Å². The van der Waals surface area contributed by atoms with Crippen LogP contribution in [0.4, 0.5) is 0 Å². The van der Waals surface area contributed by atoms with E-state index >= 15 is 0 Å². The number of cyclic esters (lactones) is 3. The second-order valence-electron chi connectivity index (χ2n) is 5.01. The highest BCUT2D eigenvalue weighted by atomic mass is 16.6. The summed E-state index contributed by atoms with van der Waals surface area (Å²) in [5.74, 6) is -1.40. The summed E-state index contributed by atoms with van der Waals surface area (Å²) < 4.78 is 9.55. The molecule has 22 heavy (non-hydrogen) atoms. The Morgan fingerprint density at radius 3 is 1.82 bits per heavy atom. The third kappa shape index (κ3) is 1.62. The van der Waals surface area contributed by atoms with Crippen molar-refractivity contribution in [1.29, 1.82) is 0 Å². The minimum atomic E-state index is -0.647. The van der Waals surface area contributed by atoms with Gasteiger partial charge < -0.3 is 9.47 Å². The average molecular weight is 292 g/mol. The van der Waals surface area contributed by atoms with Crippen molar-refractivity contribution >= 4 is 23.7 Å². The first kappa shape index (κ1) is 12.5. The number of carbonyl (C=O) groups is 3. The molecule has 0 aliphatic carbocycles. The van der Waals surface area contributed by atoms with E-state index in [2.05, 4.69) is 11.3 Å². The Morgan fingerprint density at radius 1 is 0.636 bits per heavy atom. The van der Waals surface area contributed by atoms with Crippen molar-refractivity contribution in [2.24, 2.45) is 0 Å². The van der Waals surface area contributed by atoms with Crippen LogP contribution in [-0.2, 0) is 9.47 Å². The zero-order valence-corrected chi connectivity index (χ0v) is 11.2. The van der Waals surface area contributed by atoms with Gasteiger partial charge >= 0.3 is 17.9 Å². The van der Waals surface area contributed by atoms with Crippen LogP contribution in [0.1, 0.15) is 36.6 Å². The van der Waals surface area contributed by atoms with Crippen LogP contribution in [0.5, 0.6) is 0 Å². The molecule has 0 spiro atoms. The molecule has 0 fully saturated rings. The molecule has 0 aromatic heterocycles. The van der Waals surface area contributed by atoms with Crippen LogP contribution in [0.15, 0.2) is 43.0 Å². The third-order valence-electron chi connectivity index (χ3n) is 3.73. The first-order chi connectivity index (χ1) is 10.5. The summed E-state index contributed by atoms with van der Waals surface area (Å²) in [7, 11) is 0. The van der Waals surface area contributed by atoms with Gasteiger partial charge in [-0.05, 0) is 35.4 Å². The molecule has 2 heterocycles. The molecule has 2 aromatic carbocycles. The molecule has 5 nitrogen and oxygen atoms in total. The molecule has 0 bridgehead atoms. The monoisotopic (exact) mass is 292 g/mol. The van der Waals surface area contributed by atoms with Gasteiger partial charge in [0.05, 0.1) is 16.7 Å². The zero-order chi connectivity index (χ0) is 15.4. The summed E-state index contributed by atoms with van der Waals surface area (Å²) in [6.45, 7) is 3.70. The van der Waals surface area contributed by atoms with Crippen molar-refractivity contribution < 1.29 is 23.9 Å². The Hall–Kier alpha value is -3.21. The summed E-state index contributed by atoms with van der Waals surface area (Å²) in [5.41, 5.74) is 3.12. The van der Waals surface area contributed by atoms with Gasteiger partial charge in [0, 0.05) is 5.56 Å². The van der Waals surface area contributed by atoms with E-state index < -0.39 is 17.9 Å². The molecular weight excluding hydrogens is 284 g/mol. The summed E-state index contributed by atoms with van der Waals surface area (Å²) in [6, 6.07) is 10.1. The molecule has 2 aliphatic heterocycles. The van der Waals surface area contributed by atoms with Crippen molar-refractivity contribution in [2.45, 2.75) is 0 Å². The smallest absolute Gasteiger partial charge is 0.346 e. The minimum absolute atomic E-state index is 0.245. The number of carbonyl (C=O) groups excluding carboxylic acids is 3. The van der Waals surface area contributed by atoms with Crippen LogP contribution >= 0.6 is 0 Å². The lowest BCUT2D eigenvalue weighted by molar-refractivity contribution is 0.0443. The van der Waals surface area contributed by atoms with E-state index in [1.165, 1.54) is 0 Å². The van der Waals surface area contributed by atoms with Gasteiger partial charge in [0.2, 0.25) is 0 Å². The van der Waals surface area contributed by atoms with E-state index in [9.17, 15) is 14.4 Å². The van der Waals surface area contributed by atoms with Crippen molar-refractivity contribution in [2.75, 3.05) is 0 Å². The number of fused-ring (bicyclic) bond motifs is 2. The van der Waals surface area contributed by atoms with Crippen LogP contribution in [0, 0.1) is 0 Å². The van der Waals surface area contributed by atoms with E-state index in [0.717, 1.165) is 11.1 Å². The highest BCUT2D eigenvalue weighted by Crippen LogP contribution is 2.33. The third-order valence-corrected chi connectivity index (χ3v) is 3.73. The van der Waals surface area contributed by atoms with Gasteiger partial charge in [-0.25, -0.2) is 14.4 Å². The van der Waals surface area contributed by atoms with Crippen molar-refractivity contribution in [3.05, 3.63) is 65.2 Å². The van der Waals surface area contributed by atoms with E-state index in [4.69, 9.17) is 4.74 Å². The van der Waals surface area contributed by atoms with E-state index in [1.807, 2.05) is 0 Å². The largest absolute Gasteiger partial charge is 0.423 e. The summed E-state index contributed by atoms with van der Waals surface area (Å²) in [4.78, 5) is 34.6. The molecule has 0 amide bonds. The minimum Gasteiger partial charge on any atom is -0.423 e. The van der Waals surface area contributed by atoms with Gasteiger partial charge in [0.15, 0.2) is 0 Å². The number of esters is 3. The molecule has 0 N–H and O–H groups in total. The molecule has 0 radical (unpaired) electrons. The normalized spacial score (nSPS) is 15.5. The van der Waals surface area contributed by atoms with Crippen LogP contribution in [0.2, 0.25) is 0 Å². The molecule has 0 saturated carbocycles. The second kappa shape index (κ2) is 4.14. The Balaban J connectivity index is 1.84. The summed E-state index contributed by atoms with van der Waals surface area (Å²) >= 11 is 0. The maximum atomic E-state index is 11.6. The highest BCUT2D eigenvalue weighted by Gasteiger charge is 2.30. The molecule has 106 valence electrons. The van der Waals surface area contributed by atoms with Gasteiger partial charge in [0.25, 0.3) is 0 Å². The molecule has 2 aliphatic rings. The Labute approximate surface area is 124 Å². The number of hydrogen-bond donors (Lipinski definition) is 0. The highest BCUT2D eigenvalue weighted by molar-refractivity contribution is 6.15. The Bertz CT molecular complexity index is 832. The quantitative estimate of drug-likeness (QED) is 0.597. The molecular formula is C17H8O5. The SMILES string of the molecule is C=C1OC(=O)c2ccc(-c3ccc4c(c3)C(=O)OC4=O)cc21. The van der Waals surface area contributed by atoms with Crippen LogP contribution in [0.25, 0.3) is 16.9 Å². The van der Waals surface area contributed by atoms with Gasteiger partial charge in [-0.2, -0.15) is 0 Å². The van der Waals surface area contributed by atoms with Crippen LogP contribution < -0.4 is 0 Å². The molecule has 0 unspecified atom stereocenters. The summed E-state index contributed by atoms with van der Waals surface area (Å²) in [6.07, 6.45) is 0. The summed E-state index contributed by atoms with van der Waals surface area (Å²) in [5, 5.41) is 0. The molecule has 5 heteroatoms. The first-order valence-corrected chi connectivity index (χ1v) is 6.51. The zero-order valence-electron chi connectivity index (χ0n) is 11.2. The number of ether oxygens (including phenoxy) is 2. The maximum Gasteiger partial charge on any atom is 0.346 e. The predicted molar refractivity (Wildman–Crippen MR) is 76.1 cm³/mol. The maximum absolute atomic E-state index is 11.6. The average Bonchev–Trinajstić information content (AvgIpc) is 2.96. The van der Waals surface area contributed by atoms with E-state index in [-0.39, 0.29) is 11.1 Å². The fraction of sp³-hybridized carbons (Fsp3) is 0.